The highest BCUT2D eigenvalue weighted by atomic mass is 35.5. The topological polar surface area (TPSA) is 49.9 Å². The summed E-state index contributed by atoms with van der Waals surface area (Å²) in [6.45, 7) is 7.48. The lowest BCUT2D eigenvalue weighted by molar-refractivity contribution is -0.138. The van der Waals surface area contributed by atoms with Gasteiger partial charge < -0.3 is 9.64 Å². The van der Waals surface area contributed by atoms with Crippen LogP contribution < -0.4 is 0 Å². The van der Waals surface area contributed by atoms with E-state index in [1.807, 2.05) is 74.2 Å². The zero-order valence-electron chi connectivity index (χ0n) is 18.1. The number of morpholine rings is 1. The van der Waals surface area contributed by atoms with E-state index in [2.05, 4.69) is 0 Å². The van der Waals surface area contributed by atoms with Crippen molar-refractivity contribution in [1.29, 1.82) is 0 Å². The molecule has 0 saturated carbocycles. The Morgan fingerprint density at radius 3 is 2.16 bits per heavy atom. The highest BCUT2D eigenvalue weighted by Crippen LogP contribution is 2.33. The fourth-order valence-corrected chi connectivity index (χ4v) is 4.42. The number of halogens is 1. The standard InChI is InChI=1S/C25H27ClN2O3/c1-16-4-8-20(9-5-16)22-23(27-14-17(2)31-18(3)15-27)25(30)28(24(22)29)13-12-19-6-10-21(26)11-7-19/h4-11,17-18H,12-15H2,1-3H3. The molecule has 0 radical (unpaired) electrons. The maximum atomic E-state index is 13.5. The molecule has 0 aromatic heterocycles. The van der Waals surface area contributed by atoms with Crippen LogP contribution in [-0.2, 0) is 20.7 Å². The average Bonchev–Trinajstić information content (AvgIpc) is 2.97. The molecule has 2 aromatic rings. The first-order valence-corrected chi connectivity index (χ1v) is 11.0. The van der Waals surface area contributed by atoms with Crippen molar-refractivity contribution in [3.05, 3.63) is 75.9 Å². The van der Waals surface area contributed by atoms with Crippen LogP contribution in [0, 0.1) is 6.92 Å². The summed E-state index contributed by atoms with van der Waals surface area (Å²) < 4.78 is 5.85. The molecule has 1 saturated heterocycles. The van der Waals surface area contributed by atoms with Crippen molar-refractivity contribution in [2.75, 3.05) is 19.6 Å². The number of hydrogen-bond acceptors (Lipinski definition) is 4. The van der Waals surface area contributed by atoms with Crippen molar-refractivity contribution >= 4 is 29.0 Å². The Bertz CT molecular complexity index is 1000. The lowest BCUT2D eigenvalue weighted by Gasteiger charge is -2.37. The van der Waals surface area contributed by atoms with Gasteiger partial charge in [0.05, 0.1) is 17.8 Å². The van der Waals surface area contributed by atoms with Crippen molar-refractivity contribution in [2.24, 2.45) is 0 Å². The summed E-state index contributed by atoms with van der Waals surface area (Å²) in [5, 5.41) is 0.665. The van der Waals surface area contributed by atoms with E-state index >= 15 is 0 Å². The lowest BCUT2D eigenvalue weighted by atomic mass is 10.0. The van der Waals surface area contributed by atoms with E-state index in [1.54, 1.807) is 0 Å². The molecule has 1 fully saturated rings. The maximum Gasteiger partial charge on any atom is 0.277 e. The molecule has 2 aromatic carbocycles. The zero-order chi connectivity index (χ0) is 22.1. The number of ether oxygens (including phenoxy) is 1. The summed E-state index contributed by atoms with van der Waals surface area (Å²) in [6, 6.07) is 15.3. The van der Waals surface area contributed by atoms with Crippen LogP contribution in [0.25, 0.3) is 5.57 Å². The molecule has 0 N–H and O–H groups in total. The summed E-state index contributed by atoms with van der Waals surface area (Å²) >= 11 is 5.97. The van der Waals surface area contributed by atoms with Crippen LogP contribution >= 0.6 is 11.6 Å². The van der Waals surface area contributed by atoms with Gasteiger partial charge in [0.1, 0.15) is 5.70 Å². The van der Waals surface area contributed by atoms with Crippen LogP contribution in [0.3, 0.4) is 0 Å². The fraction of sp³-hybridized carbons (Fsp3) is 0.360. The number of imide groups is 1. The normalized spacial score (nSPS) is 21.9. The quantitative estimate of drug-likeness (QED) is 0.660. The van der Waals surface area contributed by atoms with Gasteiger partial charge in [0.25, 0.3) is 11.8 Å². The summed E-state index contributed by atoms with van der Waals surface area (Å²) in [6.07, 6.45) is 0.557. The molecule has 0 bridgehead atoms. The van der Waals surface area contributed by atoms with E-state index in [1.165, 1.54) is 4.90 Å². The van der Waals surface area contributed by atoms with Gasteiger partial charge in [-0.1, -0.05) is 53.6 Å². The van der Waals surface area contributed by atoms with E-state index in [4.69, 9.17) is 16.3 Å². The molecule has 2 aliphatic heterocycles. The molecule has 2 heterocycles. The van der Waals surface area contributed by atoms with Crippen LogP contribution in [0.15, 0.2) is 54.2 Å². The van der Waals surface area contributed by atoms with Gasteiger partial charge in [0, 0.05) is 24.7 Å². The first-order chi connectivity index (χ1) is 14.8. The Labute approximate surface area is 188 Å². The number of nitrogens with zero attached hydrogens (tertiary/aromatic N) is 2. The largest absolute Gasteiger partial charge is 0.372 e. The zero-order valence-corrected chi connectivity index (χ0v) is 18.9. The van der Waals surface area contributed by atoms with Crippen LogP contribution in [0.1, 0.15) is 30.5 Å². The van der Waals surface area contributed by atoms with Crippen LogP contribution in [0.5, 0.6) is 0 Å². The smallest absolute Gasteiger partial charge is 0.277 e. The third kappa shape index (κ3) is 4.53. The molecule has 2 amide bonds. The minimum absolute atomic E-state index is 0.0125. The number of amides is 2. The van der Waals surface area contributed by atoms with Crippen LogP contribution in [0.4, 0.5) is 0 Å². The second kappa shape index (κ2) is 8.85. The van der Waals surface area contributed by atoms with Gasteiger partial charge in [-0.3, -0.25) is 14.5 Å². The number of rotatable bonds is 5. The Hall–Kier alpha value is -2.63. The molecule has 6 heteroatoms. The van der Waals surface area contributed by atoms with E-state index in [0.29, 0.717) is 42.3 Å². The van der Waals surface area contributed by atoms with E-state index < -0.39 is 0 Å². The van der Waals surface area contributed by atoms with Gasteiger partial charge in [0.2, 0.25) is 0 Å². The number of aryl methyl sites for hydroxylation is 1. The Balaban J connectivity index is 1.66. The van der Waals surface area contributed by atoms with E-state index in [0.717, 1.165) is 16.7 Å². The van der Waals surface area contributed by atoms with Gasteiger partial charge in [0.15, 0.2) is 0 Å². The third-order valence-electron chi connectivity index (χ3n) is 5.76. The molecule has 0 aliphatic carbocycles. The third-order valence-corrected chi connectivity index (χ3v) is 6.01. The highest BCUT2D eigenvalue weighted by Gasteiger charge is 2.42. The number of benzene rings is 2. The van der Waals surface area contributed by atoms with Crippen LogP contribution in [0.2, 0.25) is 5.02 Å². The van der Waals surface area contributed by atoms with E-state index in [9.17, 15) is 9.59 Å². The molecular formula is C25H27ClN2O3. The van der Waals surface area contributed by atoms with Gasteiger partial charge in [-0.15, -0.1) is 0 Å². The minimum Gasteiger partial charge on any atom is -0.372 e. The van der Waals surface area contributed by atoms with Crippen LogP contribution in [-0.4, -0.2) is 53.5 Å². The van der Waals surface area contributed by atoms with Crippen molar-refractivity contribution in [1.82, 2.24) is 9.80 Å². The molecule has 31 heavy (non-hydrogen) atoms. The average molecular weight is 439 g/mol. The Kier molecular flexibility index (Phi) is 6.17. The molecule has 4 rings (SSSR count). The summed E-state index contributed by atoms with van der Waals surface area (Å²) in [5.74, 6) is -0.458. The van der Waals surface area contributed by atoms with Gasteiger partial charge in [-0.05, 0) is 50.5 Å². The van der Waals surface area contributed by atoms with Gasteiger partial charge >= 0.3 is 0 Å². The molecule has 5 nitrogen and oxygen atoms in total. The molecule has 2 aliphatic rings. The summed E-state index contributed by atoms with van der Waals surface area (Å²) in [4.78, 5) is 30.4. The first-order valence-electron chi connectivity index (χ1n) is 10.7. The van der Waals surface area contributed by atoms with Crippen molar-refractivity contribution in [3.63, 3.8) is 0 Å². The van der Waals surface area contributed by atoms with Crippen molar-refractivity contribution in [3.8, 4) is 0 Å². The summed E-state index contributed by atoms with van der Waals surface area (Å²) in [5.41, 5.74) is 3.90. The van der Waals surface area contributed by atoms with Gasteiger partial charge in [-0.2, -0.15) is 0 Å². The van der Waals surface area contributed by atoms with Crippen molar-refractivity contribution in [2.45, 2.75) is 39.4 Å². The van der Waals surface area contributed by atoms with Gasteiger partial charge in [-0.25, -0.2) is 0 Å². The maximum absolute atomic E-state index is 13.5. The summed E-state index contributed by atoms with van der Waals surface area (Å²) in [7, 11) is 0. The Morgan fingerprint density at radius 1 is 0.935 bits per heavy atom. The second-order valence-electron chi connectivity index (χ2n) is 8.39. The SMILES string of the molecule is Cc1ccc(C2=C(N3CC(C)OC(C)C3)C(=O)N(CCc3ccc(Cl)cc3)C2=O)cc1. The molecule has 2 unspecified atom stereocenters. The number of carbonyl (C=O) groups excluding carboxylic acids is 2. The van der Waals surface area contributed by atoms with E-state index in [-0.39, 0.29) is 24.0 Å². The predicted octanol–water partition coefficient (Wildman–Crippen LogP) is 4.08. The predicted molar refractivity (Wildman–Crippen MR) is 122 cm³/mol. The lowest BCUT2D eigenvalue weighted by Crippen LogP contribution is -2.47. The number of carbonyl (C=O) groups is 2. The Morgan fingerprint density at radius 2 is 1.55 bits per heavy atom. The van der Waals surface area contributed by atoms with Crippen molar-refractivity contribution < 1.29 is 14.3 Å². The number of hydrogen-bond donors (Lipinski definition) is 0. The highest BCUT2D eigenvalue weighted by molar-refractivity contribution is 6.35. The second-order valence-corrected chi connectivity index (χ2v) is 8.83. The molecule has 2 atom stereocenters. The molecular weight excluding hydrogens is 412 g/mol. The minimum atomic E-state index is -0.232. The monoisotopic (exact) mass is 438 g/mol. The molecule has 162 valence electrons. The first kappa shape index (κ1) is 21.6. The fourth-order valence-electron chi connectivity index (χ4n) is 4.29. The molecule has 0 spiro atoms.